The van der Waals surface area contributed by atoms with Crippen LogP contribution in [0.3, 0.4) is 0 Å². The van der Waals surface area contributed by atoms with Crippen LogP contribution >= 0.6 is 0 Å². The zero-order chi connectivity index (χ0) is 13.2. The van der Waals surface area contributed by atoms with Gasteiger partial charge in [-0.3, -0.25) is 0 Å². The second kappa shape index (κ2) is 5.31. The third kappa shape index (κ3) is 3.05. The van der Waals surface area contributed by atoms with Crippen molar-refractivity contribution >= 4 is 5.95 Å². The molecule has 1 aliphatic rings. The number of hydrogen-bond donors (Lipinski definition) is 1. The molecule has 0 saturated carbocycles. The molecular formula is C14H26N4. The molecule has 4 nitrogen and oxygen atoms in total. The third-order valence-corrected chi connectivity index (χ3v) is 3.54. The van der Waals surface area contributed by atoms with Crippen molar-refractivity contribution < 1.29 is 0 Å². The van der Waals surface area contributed by atoms with Crippen LogP contribution in [0.25, 0.3) is 0 Å². The Morgan fingerprint density at radius 3 is 2.89 bits per heavy atom. The minimum Gasteiger partial charge on any atom is -0.338 e. The maximum absolute atomic E-state index is 4.52. The lowest BCUT2D eigenvalue weighted by Gasteiger charge is -2.30. The molecule has 102 valence electrons. The number of aromatic nitrogens is 2. The highest BCUT2D eigenvalue weighted by molar-refractivity contribution is 5.35. The Bertz CT molecular complexity index is 377. The molecule has 0 bridgehead atoms. The van der Waals surface area contributed by atoms with Crippen molar-refractivity contribution in [2.75, 3.05) is 18.0 Å². The van der Waals surface area contributed by atoms with Crippen molar-refractivity contribution in [3.8, 4) is 0 Å². The van der Waals surface area contributed by atoms with Gasteiger partial charge in [-0.2, -0.15) is 0 Å². The molecule has 1 fully saturated rings. The standard InChI is InChI=1S/C14H26N4/c1-5-17-10-8-15-13(17)18-9-6-7-12(18)11-16-14(2,3)4/h8,10,12,16H,5-7,9,11H2,1-4H3. The van der Waals surface area contributed by atoms with E-state index in [1.807, 2.05) is 6.20 Å². The van der Waals surface area contributed by atoms with Gasteiger partial charge in [-0.25, -0.2) is 4.98 Å². The molecule has 1 unspecified atom stereocenters. The summed E-state index contributed by atoms with van der Waals surface area (Å²) in [4.78, 5) is 6.99. The molecule has 0 spiro atoms. The van der Waals surface area contributed by atoms with Gasteiger partial charge in [0.15, 0.2) is 0 Å². The van der Waals surface area contributed by atoms with E-state index in [4.69, 9.17) is 0 Å². The fraction of sp³-hybridized carbons (Fsp3) is 0.786. The Kier molecular flexibility index (Phi) is 3.95. The molecule has 18 heavy (non-hydrogen) atoms. The van der Waals surface area contributed by atoms with Crippen molar-refractivity contribution in [1.82, 2.24) is 14.9 Å². The van der Waals surface area contributed by atoms with Gasteiger partial charge in [0.25, 0.3) is 0 Å². The molecule has 1 aromatic heterocycles. The van der Waals surface area contributed by atoms with Crippen LogP contribution in [0.15, 0.2) is 12.4 Å². The summed E-state index contributed by atoms with van der Waals surface area (Å²) in [5, 5.41) is 3.61. The molecule has 1 atom stereocenters. The summed E-state index contributed by atoms with van der Waals surface area (Å²) in [6, 6.07) is 0.580. The van der Waals surface area contributed by atoms with E-state index in [0.717, 1.165) is 25.6 Å². The van der Waals surface area contributed by atoms with Gasteiger partial charge in [-0.1, -0.05) is 0 Å². The summed E-state index contributed by atoms with van der Waals surface area (Å²) in [5.74, 6) is 1.13. The average molecular weight is 250 g/mol. The zero-order valence-corrected chi connectivity index (χ0v) is 12.1. The van der Waals surface area contributed by atoms with Crippen LogP contribution in [0.5, 0.6) is 0 Å². The molecule has 0 aromatic carbocycles. The van der Waals surface area contributed by atoms with Crippen LogP contribution in [0, 0.1) is 0 Å². The Hall–Kier alpha value is -1.03. The minimum atomic E-state index is 0.189. The quantitative estimate of drug-likeness (QED) is 0.890. The van der Waals surface area contributed by atoms with Crippen LogP contribution in [0.4, 0.5) is 5.95 Å². The molecule has 2 rings (SSSR count). The van der Waals surface area contributed by atoms with Crippen LogP contribution < -0.4 is 10.2 Å². The summed E-state index contributed by atoms with van der Waals surface area (Å²) in [6.07, 6.45) is 6.51. The van der Waals surface area contributed by atoms with Crippen molar-refractivity contribution in [3.63, 3.8) is 0 Å². The molecule has 1 aliphatic heterocycles. The third-order valence-electron chi connectivity index (χ3n) is 3.54. The fourth-order valence-corrected chi connectivity index (χ4v) is 2.54. The molecule has 1 N–H and O–H groups in total. The second-order valence-electron chi connectivity index (χ2n) is 6.13. The van der Waals surface area contributed by atoms with E-state index in [9.17, 15) is 0 Å². The van der Waals surface area contributed by atoms with Gasteiger partial charge in [0, 0.05) is 43.6 Å². The Labute approximate surface area is 110 Å². The summed E-state index contributed by atoms with van der Waals surface area (Å²) in [5.41, 5.74) is 0.189. The Morgan fingerprint density at radius 2 is 2.22 bits per heavy atom. The van der Waals surface area contributed by atoms with E-state index < -0.39 is 0 Å². The highest BCUT2D eigenvalue weighted by Gasteiger charge is 2.28. The number of nitrogens with zero attached hydrogens (tertiary/aromatic N) is 3. The zero-order valence-electron chi connectivity index (χ0n) is 12.1. The number of imidazole rings is 1. The molecular weight excluding hydrogens is 224 g/mol. The first-order chi connectivity index (χ1) is 8.51. The monoisotopic (exact) mass is 250 g/mol. The first kappa shape index (κ1) is 13.4. The molecule has 4 heteroatoms. The van der Waals surface area contributed by atoms with Gasteiger partial charge in [0.1, 0.15) is 0 Å². The smallest absolute Gasteiger partial charge is 0.205 e. The van der Waals surface area contributed by atoms with Crippen molar-refractivity contribution in [1.29, 1.82) is 0 Å². The predicted molar refractivity (Wildman–Crippen MR) is 76.0 cm³/mol. The molecule has 1 saturated heterocycles. The lowest BCUT2D eigenvalue weighted by Crippen LogP contribution is -2.45. The maximum atomic E-state index is 4.52. The molecule has 1 aromatic rings. The maximum Gasteiger partial charge on any atom is 0.205 e. The molecule has 2 heterocycles. The van der Waals surface area contributed by atoms with E-state index in [0.29, 0.717) is 6.04 Å². The van der Waals surface area contributed by atoms with Crippen molar-refractivity contribution in [2.45, 2.75) is 58.7 Å². The van der Waals surface area contributed by atoms with Gasteiger partial charge in [0.2, 0.25) is 5.95 Å². The van der Waals surface area contributed by atoms with Crippen molar-refractivity contribution in [3.05, 3.63) is 12.4 Å². The summed E-state index contributed by atoms with van der Waals surface area (Å²) in [7, 11) is 0. The number of rotatable bonds is 4. The number of aryl methyl sites for hydroxylation is 1. The molecule has 0 radical (unpaired) electrons. The number of hydrogen-bond acceptors (Lipinski definition) is 3. The number of anilines is 1. The van der Waals surface area contributed by atoms with Gasteiger partial charge in [0.05, 0.1) is 0 Å². The summed E-state index contributed by atoms with van der Waals surface area (Å²) < 4.78 is 2.23. The second-order valence-corrected chi connectivity index (χ2v) is 6.13. The normalized spacial score (nSPS) is 20.7. The Balaban J connectivity index is 2.03. The van der Waals surface area contributed by atoms with E-state index in [1.54, 1.807) is 0 Å². The highest BCUT2D eigenvalue weighted by Crippen LogP contribution is 2.24. The van der Waals surface area contributed by atoms with Crippen LogP contribution in [0.2, 0.25) is 0 Å². The van der Waals surface area contributed by atoms with Crippen LogP contribution in [-0.2, 0) is 6.54 Å². The van der Waals surface area contributed by atoms with Crippen molar-refractivity contribution in [2.24, 2.45) is 0 Å². The first-order valence-corrected chi connectivity index (χ1v) is 7.04. The predicted octanol–water partition coefficient (Wildman–Crippen LogP) is 2.26. The number of nitrogens with one attached hydrogen (secondary N) is 1. The topological polar surface area (TPSA) is 33.1 Å². The van der Waals surface area contributed by atoms with Crippen LogP contribution in [0.1, 0.15) is 40.5 Å². The van der Waals surface area contributed by atoms with E-state index in [2.05, 4.69) is 53.7 Å². The van der Waals surface area contributed by atoms with Crippen LogP contribution in [-0.4, -0.2) is 34.2 Å². The van der Waals surface area contributed by atoms with Gasteiger partial charge >= 0.3 is 0 Å². The van der Waals surface area contributed by atoms with Gasteiger partial charge < -0.3 is 14.8 Å². The molecule has 0 amide bonds. The summed E-state index contributed by atoms with van der Waals surface area (Å²) in [6.45, 7) is 12.0. The first-order valence-electron chi connectivity index (χ1n) is 7.04. The lowest BCUT2D eigenvalue weighted by atomic mass is 10.1. The minimum absolute atomic E-state index is 0.189. The van der Waals surface area contributed by atoms with E-state index in [1.165, 1.54) is 12.8 Å². The fourth-order valence-electron chi connectivity index (χ4n) is 2.54. The highest BCUT2D eigenvalue weighted by atomic mass is 15.3. The summed E-state index contributed by atoms with van der Waals surface area (Å²) >= 11 is 0. The van der Waals surface area contributed by atoms with Gasteiger partial charge in [-0.05, 0) is 40.5 Å². The van der Waals surface area contributed by atoms with E-state index in [-0.39, 0.29) is 5.54 Å². The average Bonchev–Trinajstić information content (AvgIpc) is 2.93. The lowest BCUT2D eigenvalue weighted by molar-refractivity contribution is 0.403. The SMILES string of the molecule is CCn1ccnc1N1CCCC1CNC(C)(C)C. The van der Waals surface area contributed by atoms with Gasteiger partial charge in [-0.15, -0.1) is 0 Å². The van der Waals surface area contributed by atoms with E-state index >= 15 is 0 Å². The molecule has 0 aliphatic carbocycles. The largest absolute Gasteiger partial charge is 0.338 e. The Morgan fingerprint density at radius 1 is 1.44 bits per heavy atom.